The van der Waals surface area contributed by atoms with Crippen molar-refractivity contribution in [3.8, 4) is 0 Å². The Morgan fingerprint density at radius 1 is 0.700 bits per heavy atom. The Bertz CT molecular complexity index is 220. The van der Waals surface area contributed by atoms with Gasteiger partial charge in [-0.2, -0.15) is 0 Å². The van der Waals surface area contributed by atoms with E-state index < -0.39 is 0 Å². The Morgan fingerprint density at radius 3 is 2.00 bits per heavy atom. The number of carbonyl (C=O) groups is 1. The van der Waals surface area contributed by atoms with E-state index in [-0.39, 0.29) is 0 Å². The second kappa shape index (κ2) is 16.5. The Morgan fingerprint density at radius 2 is 1.30 bits per heavy atom. The fraction of sp³-hybridized carbons (Fsp3) is 0.842. The molecule has 0 aromatic heterocycles. The topological polar surface area (TPSA) is 17.1 Å². The van der Waals surface area contributed by atoms with Crippen molar-refractivity contribution in [2.24, 2.45) is 5.92 Å². The van der Waals surface area contributed by atoms with Crippen LogP contribution in [0.2, 0.25) is 0 Å². The molecule has 1 heteroatoms. The van der Waals surface area contributed by atoms with Gasteiger partial charge >= 0.3 is 0 Å². The van der Waals surface area contributed by atoms with E-state index in [2.05, 4.69) is 26.0 Å². The van der Waals surface area contributed by atoms with Crippen LogP contribution in [0.5, 0.6) is 0 Å². The summed E-state index contributed by atoms with van der Waals surface area (Å²) in [5.74, 6) is 0.292. The third kappa shape index (κ3) is 13.8. The Hall–Kier alpha value is -0.590. The molecule has 0 aliphatic heterocycles. The molecule has 1 unspecified atom stereocenters. The van der Waals surface area contributed by atoms with Crippen LogP contribution < -0.4 is 0 Å². The zero-order valence-corrected chi connectivity index (χ0v) is 13.9. The molecule has 118 valence electrons. The normalized spacial score (nSPS) is 12.9. The lowest BCUT2D eigenvalue weighted by Gasteiger charge is -2.07. The molecule has 1 atom stereocenters. The van der Waals surface area contributed by atoms with Crippen LogP contribution in [0.25, 0.3) is 0 Å². The second-order valence-corrected chi connectivity index (χ2v) is 6.00. The summed E-state index contributed by atoms with van der Waals surface area (Å²) in [7, 11) is 0. The quantitative estimate of drug-likeness (QED) is 0.191. The minimum atomic E-state index is 0.292. The molecule has 0 heterocycles. The molecule has 0 bridgehead atoms. The Balaban J connectivity index is 3.37. The third-order valence-electron chi connectivity index (χ3n) is 3.97. The van der Waals surface area contributed by atoms with Crippen LogP contribution in [0.4, 0.5) is 0 Å². The van der Waals surface area contributed by atoms with Crippen molar-refractivity contribution in [3.05, 3.63) is 12.2 Å². The number of hydrogen-bond acceptors (Lipinski definition) is 1. The summed E-state index contributed by atoms with van der Waals surface area (Å²) >= 11 is 0. The van der Waals surface area contributed by atoms with Gasteiger partial charge in [0.05, 0.1) is 0 Å². The van der Waals surface area contributed by atoms with E-state index in [0.29, 0.717) is 5.92 Å². The van der Waals surface area contributed by atoms with E-state index in [1.54, 1.807) is 0 Å². The number of rotatable bonds is 15. The van der Waals surface area contributed by atoms with E-state index in [4.69, 9.17) is 0 Å². The molecule has 0 saturated carbocycles. The first-order valence-corrected chi connectivity index (χ1v) is 8.95. The van der Waals surface area contributed by atoms with Gasteiger partial charge in [-0.25, -0.2) is 0 Å². The van der Waals surface area contributed by atoms with Gasteiger partial charge in [0.15, 0.2) is 0 Å². The summed E-state index contributed by atoms with van der Waals surface area (Å²) in [6, 6.07) is 0. The molecule has 0 saturated heterocycles. The van der Waals surface area contributed by atoms with Crippen LogP contribution in [0.1, 0.15) is 97.3 Å². The fourth-order valence-corrected chi connectivity index (χ4v) is 2.53. The molecular formula is C19H36O. The molecule has 0 radical (unpaired) electrons. The Labute approximate surface area is 127 Å². The summed E-state index contributed by atoms with van der Waals surface area (Å²) in [5.41, 5.74) is 0. The number of unbranched alkanes of at least 4 members (excludes halogenated alkanes) is 8. The zero-order valence-electron chi connectivity index (χ0n) is 13.9. The van der Waals surface area contributed by atoms with Gasteiger partial charge in [0.25, 0.3) is 0 Å². The van der Waals surface area contributed by atoms with Crippen molar-refractivity contribution in [2.45, 2.75) is 97.3 Å². The highest BCUT2D eigenvalue weighted by Gasteiger charge is 2.05. The maximum Gasteiger partial charge on any atom is 0.123 e. The van der Waals surface area contributed by atoms with E-state index in [1.165, 1.54) is 64.2 Å². The summed E-state index contributed by atoms with van der Waals surface area (Å²) in [6.45, 7) is 4.47. The largest absolute Gasteiger partial charge is 0.303 e. The van der Waals surface area contributed by atoms with E-state index >= 15 is 0 Å². The molecule has 0 aliphatic rings. The highest BCUT2D eigenvalue weighted by atomic mass is 16.1. The number of carbonyl (C=O) groups excluding carboxylic acids is 1. The van der Waals surface area contributed by atoms with Crippen LogP contribution >= 0.6 is 0 Å². The molecular weight excluding hydrogens is 244 g/mol. The highest BCUT2D eigenvalue weighted by molar-refractivity contribution is 5.53. The van der Waals surface area contributed by atoms with Crippen LogP contribution in [0, 0.1) is 5.92 Å². The molecule has 0 fully saturated rings. The molecule has 0 aromatic rings. The molecule has 0 N–H and O–H groups in total. The minimum absolute atomic E-state index is 0.292. The van der Waals surface area contributed by atoms with Crippen LogP contribution in [-0.2, 0) is 4.79 Å². The summed E-state index contributed by atoms with van der Waals surface area (Å²) < 4.78 is 0. The van der Waals surface area contributed by atoms with E-state index in [0.717, 1.165) is 25.5 Å². The predicted molar refractivity (Wildman–Crippen MR) is 90.1 cm³/mol. The van der Waals surface area contributed by atoms with Gasteiger partial charge in [0.2, 0.25) is 0 Å². The highest BCUT2D eigenvalue weighted by Crippen LogP contribution is 2.14. The second-order valence-electron chi connectivity index (χ2n) is 6.00. The van der Waals surface area contributed by atoms with Gasteiger partial charge < -0.3 is 4.79 Å². The number of aldehydes is 1. The zero-order chi connectivity index (χ0) is 14.9. The van der Waals surface area contributed by atoms with Crippen LogP contribution in [0.15, 0.2) is 12.2 Å². The average Bonchev–Trinajstić information content (AvgIpc) is 2.47. The predicted octanol–water partition coefficient (Wildman–Crippen LogP) is 6.47. The molecule has 0 aromatic carbocycles. The summed E-state index contributed by atoms with van der Waals surface area (Å²) in [6.07, 6.45) is 22.1. The first kappa shape index (κ1) is 19.4. The molecule has 0 rings (SSSR count). The van der Waals surface area contributed by atoms with E-state index in [1.807, 2.05) is 0 Å². The van der Waals surface area contributed by atoms with Crippen molar-refractivity contribution < 1.29 is 4.79 Å². The van der Waals surface area contributed by atoms with Gasteiger partial charge in [-0.3, -0.25) is 0 Å². The van der Waals surface area contributed by atoms with Crippen molar-refractivity contribution in [1.29, 1.82) is 0 Å². The monoisotopic (exact) mass is 280 g/mol. The molecule has 0 spiro atoms. The summed E-state index contributed by atoms with van der Waals surface area (Å²) in [4.78, 5) is 11.0. The van der Waals surface area contributed by atoms with Crippen LogP contribution in [0.3, 0.4) is 0 Å². The number of hydrogen-bond donors (Lipinski definition) is 0. The lowest BCUT2D eigenvalue weighted by atomic mass is 9.97. The van der Waals surface area contributed by atoms with Gasteiger partial charge in [-0.05, 0) is 32.1 Å². The maximum absolute atomic E-state index is 11.0. The third-order valence-corrected chi connectivity index (χ3v) is 3.97. The van der Waals surface area contributed by atoms with Gasteiger partial charge in [-0.15, -0.1) is 0 Å². The lowest BCUT2D eigenvalue weighted by Crippen LogP contribution is -2.01. The first-order chi connectivity index (χ1) is 9.85. The van der Waals surface area contributed by atoms with Gasteiger partial charge in [0.1, 0.15) is 6.29 Å². The van der Waals surface area contributed by atoms with Crippen molar-refractivity contribution in [3.63, 3.8) is 0 Å². The molecule has 20 heavy (non-hydrogen) atoms. The standard InChI is InChI=1S/C19H36O/c1-3-5-7-8-9-10-11-12-13-15-17-19(18-20)16-14-6-4-2/h12-13,18-19H,3-11,14-17H2,1-2H3. The molecule has 0 amide bonds. The lowest BCUT2D eigenvalue weighted by molar-refractivity contribution is -0.111. The molecule has 1 nitrogen and oxygen atoms in total. The van der Waals surface area contributed by atoms with Crippen molar-refractivity contribution in [2.75, 3.05) is 0 Å². The van der Waals surface area contributed by atoms with Gasteiger partial charge in [0, 0.05) is 5.92 Å². The maximum atomic E-state index is 11.0. The van der Waals surface area contributed by atoms with E-state index in [9.17, 15) is 4.79 Å². The fourth-order valence-electron chi connectivity index (χ4n) is 2.53. The molecule has 0 aliphatic carbocycles. The summed E-state index contributed by atoms with van der Waals surface area (Å²) in [5, 5.41) is 0. The van der Waals surface area contributed by atoms with Crippen molar-refractivity contribution in [1.82, 2.24) is 0 Å². The van der Waals surface area contributed by atoms with Crippen molar-refractivity contribution >= 4 is 6.29 Å². The number of allylic oxidation sites excluding steroid dienone is 2. The minimum Gasteiger partial charge on any atom is -0.303 e. The Kier molecular flexibility index (Phi) is 16.0. The average molecular weight is 280 g/mol. The van der Waals surface area contributed by atoms with Crippen LogP contribution in [-0.4, -0.2) is 6.29 Å². The van der Waals surface area contributed by atoms with Gasteiger partial charge in [-0.1, -0.05) is 77.4 Å². The SMILES string of the molecule is CCCCCCCCC=CCCC(C=O)CCCCC. The smallest absolute Gasteiger partial charge is 0.123 e. The first-order valence-electron chi connectivity index (χ1n) is 8.95.